The third-order valence-corrected chi connectivity index (χ3v) is 4.85. The van der Waals surface area contributed by atoms with Crippen LogP contribution in [-0.4, -0.2) is 25.0 Å². The van der Waals surface area contributed by atoms with Crippen LogP contribution in [0.4, 0.5) is 5.69 Å². The standard InChI is InChI=1S/C23H29BrN2O3/c1-5-6-13-25-22(28)16-7-10-18(11-8-16)26-21(27)15-29-20-12-9-17(24)14-19(20)23(2,3)4/h7-12,14H,5-6,13,15H2,1-4H3,(H,25,28)(H,26,27). The number of nitrogens with one attached hydrogen (secondary N) is 2. The maximum Gasteiger partial charge on any atom is 0.262 e. The lowest BCUT2D eigenvalue weighted by molar-refractivity contribution is -0.118. The first-order valence-electron chi connectivity index (χ1n) is 9.81. The highest BCUT2D eigenvalue weighted by Gasteiger charge is 2.20. The van der Waals surface area contributed by atoms with Crippen molar-refractivity contribution in [1.82, 2.24) is 5.32 Å². The molecule has 2 rings (SSSR count). The minimum atomic E-state index is -0.257. The molecule has 0 bridgehead atoms. The van der Waals surface area contributed by atoms with Gasteiger partial charge in [0.05, 0.1) is 0 Å². The van der Waals surface area contributed by atoms with Gasteiger partial charge in [0.2, 0.25) is 0 Å². The zero-order valence-electron chi connectivity index (χ0n) is 17.5. The first kappa shape index (κ1) is 22.9. The van der Waals surface area contributed by atoms with E-state index in [-0.39, 0.29) is 23.8 Å². The topological polar surface area (TPSA) is 67.4 Å². The third kappa shape index (κ3) is 7.20. The summed E-state index contributed by atoms with van der Waals surface area (Å²) < 4.78 is 6.74. The summed E-state index contributed by atoms with van der Waals surface area (Å²) in [4.78, 5) is 24.3. The van der Waals surface area contributed by atoms with Crippen LogP contribution in [0.25, 0.3) is 0 Å². The van der Waals surface area contributed by atoms with E-state index >= 15 is 0 Å². The van der Waals surface area contributed by atoms with E-state index in [1.54, 1.807) is 24.3 Å². The maximum absolute atomic E-state index is 12.3. The quantitative estimate of drug-likeness (QED) is 0.525. The van der Waals surface area contributed by atoms with Crippen LogP contribution in [0.1, 0.15) is 56.5 Å². The zero-order valence-corrected chi connectivity index (χ0v) is 19.1. The Balaban J connectivity index is 1.93. The Morgan fingerprint density at radius 1 is 1.07 bits per heavy atom. The van der Waals surface area contributed by atoms with Gasteiger partial charge < -0.3 is 15.4 Å². The van der Waals surface area contributed by atoms with E-state index < -0.39 is 0 Å². The normalized spacial score (nSPS) is 11.1. The smallest absolute Gasteiger partial charge is 0.262 e. The lowest BCUT2D eigenvalue weighted by Gasteiger charge is -2.23. The fourth-order valence-corrected chi connectivity index (χ4v) is 3.10. The van der Waals surface area contributed by atoms with E-state index in [1.165, 1.54) is 0 Å². The van der Waals surface area contributed by atoms with Gasteiger partial charge in [0.25, 0.3) is 11.8 Å². The monoisotopic (exact) mass is 460 g/mol. The molecule has 2 aromatic rings. The molecule has 0 unspecified atom stereocenters. The second kappa shape index (κ2) is 10.4. The van der Waals surface area contributed by atoms with Crippen LogP contribution in [0, 0.1) is 0 Å². The van der Waals surface area contributed by atoms with Crippen molar-refractivity contribution in [3.63, 3.8) is 0 Å². The largest absolute Gasteiger partial charge is 0.483 e. The molecule has 0 radical (unpaired) electrons. The SMILES string of the molecule is CCCCNC(=O)c1ccc(NC(=O)COc2ccc(Br)cc2C(C)(C)C)cc1. The molecule has 0 aliphatic rings. The Hall–Kier alpha value is -2.34. The molecule has 6 heteroatoms. The summed E-state index contributed by atoms with van der Waals surface area (Å²) in [5, 5.41) is 5.67. The van der Waals surface area contributed by atoms with Crippen LogP contribution in [0.5, 0.6) is 5.75 Å². The summed E-state index contributed by atoms with van der Waals surface area (Å²) in [6.45, 7) is 8.95. The van der Waals surface area contributed by atoms with E-state index in [1.807, 2.05) is 18.2 Å². The molecule has 0 aromatic heterocycles. The van der Waals surface area contributed by atoms with E-state index in [2.05, 4.69) is 54.3 Å². The molecule has 0 heterocycles. The highest BCUT2D eigenvalue weighted by atomic mass is 79.9. The van der Waals surface area contributed by atoms with Crippen molar-refractivity contribution < 1.29 is 14.3 Å². The Morgan fingerprint density at radius 3 is 2.38 bits per heavy atom. The van der Waals surface area contributed by atoms with Crippen LogP contribution in [0.2, 0.25) is 0 Å². The predicted molar refractivity (Wildman–Crippen MR) is 121 cm³/mol. The summed E-state index contributed by atoms with van der Waals surface area (Å²) in [5.74, 6) is 0.326. The van der Waals surface area contributed by atoms with E-state index in [9.17, 15) is 9.59 Å². The van der Waals surface area contributed by atoms with Crippen LogP contribution in [0.3, 0.4) is 0 Å². The molecule has 2 amide bonds. The summed E-state index contributed by atoms with van der Waals surface area (Å²) >= 11 is 3.48. The number of carbonyl (C=O) groups excluding carboxylic acids is 2. The number of amides is 2. The number of ether oxygens (including phenoxy) is 1. The Bertz CT molecular complexity index is 842. The number of unbranched alkanes of at least 4 members (excludes halogenated alkanes) is 1. The first-order valence-corrected chi connectivity index (χ1v) is 10.6. The number of rotatable bonds is 8. The van der Waals surface area contributed by atoms with Crippen molar-refractivity contribution in [3.8, 4) is 5.75 Å². The van der Waals surface area contributed by atoms with Gasteiger partial charge in [-0.3, -0.25) is 9.59 Å². The molecule has 0 saturated carbocycles. The Labute approximate surface area is 181 Å². The first-order chi connectivity index (χ1) is 13.7. The highest BCUT2D eigenvalue weighted by Crippen LogP contribution is 2.33. The van der Waals surface area contributed by atoms with Crippen molar-refractivity contribution in [2.45, 2.75) is 46.0 Å². The molecule has 0 aliphatic carbocycles. The Morgan fingerprint density at radius 2 is 1.76 bits per heavy atom. The minimum Gasteiger partial charge on any atom is -0.483 e. The van der Waals surface area contributed by atoms with Gasteiger partial charge in [0, 0.05) is 27.8 Å². The molecule has 29 heavy (non-hydrogen) atoms. The molecule has 0 spiro atoms. The highest BCUT2D eigenvalue weighted by molar-refractivity contribution is 9.10. The molecular formula is C23H29BrN2O3. The van der Waals surface area contributed by atoms with Crippen molar-refractivity contribution in [1.29, 1.82) is 0 Å². The van der Waals surface area contributed by atoms with Crippen LogP contribution in [-0.2, 0) is 10.2 Å². The van der Waals surface area contributed by atoms with Crippen LogP contribution in [0.15, 0.2) is 46.9 Å². The van der Waals surface area contributed by atoms with Crippen LogP contribution >= 0.6 is 15.9 Å². The number of hydrogen-bond acceptors (Lipinski definition) is 3. The molecule has 2 aromatic carbocycles. The van der Waals surface area contributed by atoms with Crippen molar-refractivity contribution in [3.05, 3.63) is 58.1 Å². The molecule has 156 valence electrons. The van der Waals surface area contributed by atoms with E-state index in [0.717, 1.165) is 22.9 Å². The molecule has 0 saturated heterocycles. The fraction of sp³-hybridized carbons (Fsp3) is 0.391. The maximum atomic E-state index is 12.3. The van der Waals surface area contributed by atoms with Gasteiger partial charge >= 0.3 is 0 Å². The second-order valence-electron chi connectivity index (χ2n) is 7.91. The average molecular weight is 461 g/mol. The summed E-state index contributed by atoms with van der Waals surface area (Å²) in [6, 6.07) is 12.6. The zero-order chi connectivity index (χ0) is 21.4. The molecule has 0 fully saturated rings. The van der Waals surface area contributed by atoms with Crippen LogP contribution < -0.4 is 15.4 Å². The average Bonchev–Trinajstić information content (AvgIpc) is 2.67. The van der Waals surface area contributed by atoms with Gasteiger partial charge in [-0.1, -0.05) is 50.0 Å². The lowest BCUT2D eigenvalue weighted by Crippen LogP contribution is -2.24. The molecule has 2 N–H and O–H groups in total. The predicted octanol–water partition coefficient (Wildman–Crippen LogP) is 5.29. The van der Waals surface area contributed by atoms with Gasteiger partial charge in [-0.2, -0.15) is 0 Å². The second-order valence-corrected chi connectivity index (χ2v) is 8.83. The molecule has 0 atom stereocenters. The van der Waals surface area contributed by atoms with Gasteiger partial charge in [0.1, 0.15) is 5.75 Å². The third-order valence-electron chi connectivity index (χ3n) is 4.36. The minimum absolute atomic E-state index is 0.0933. The summed E-state index contributed by atoms with van der Waals surface area (Å²) in [7, 11) is 0. The number of benzene rings is 2. The van der Waals surface area contributed by atoms with Gasteiger partial charge in [-0.15, -0.1) is 0 Å². The number of hydrogen-bond donors (Lipinski definition) is 2. The van der Waals surface area contributed by atoms with E-state index in [0.29, 0.717) is 23.5 Å². The lowest BCUT2D eigenvalue weighted by atomic mass is 9.86. The van der Waals surface area contributed by atoms with Gasteiger partial charge in [-0.25, -0.2) is 0 Å². The molecule has 5 nitrogen and oxygen atoms in total. The summed E-state index contributed by atoms with van der Waals surface area (Å²) in [5.41, 5.74) is 2.11. The molecule has 0 aliphatic heterocycles. The van der Waals surface area contributed by atoms with Gasteiger partial charge in [-0.05, 0) is 54.3 Å². The summed E-state index contributed by atoms with van der Waals surface area (Å²) in [6.07, 6.45) is 1.99. The molecular weight excluding hydrogens is 432 g/mol. The Kier molecular flexibility index (Phi) is 8.26. The van der Waals surface area contributed by atoms with E-state index in [4.69, 9.17) is 4.74 Å². The van der Waals surface area contributed by atoms with Crippen molar-refractivity contribution in [2.75, 3.05) is 18.5 Å². The van der Waals surface area contributed by atoms with Crippen molar-refractivity contribution in [2.24, 2.45) is 0 Å². The van der Waals surface area contributed by atoms with Crippen molar-refractivity contribution >= 4 is 33.4 Å². The van der Waals surface area contributed by atoms with Gasteiger partial charge in [0.15, 0.2) is 6.61 Å². The number of halogens is 1. The fourth-order valence-electron chi connectivity index (χ4n) is 2.74. The number of anilines is 1. The number of carbonyl (C=O) groups is 2.